The van der Waals surface area contributed by atoms with Crippen LogP contribution in [0.25, 0.3) is 10.9 Å². The van der Waals surface area contributed by atoms with Crippen LogP contribution < -0.4 is 10.1 Å². The van der Waals surface area contributed by atoms with Gasteiger partial charge in [-0.2, -0.15) is 0 Å². The van der Waals surface area contributed by atoms with E-state index in [4.69, 9.17) is 4.74 Å². The minimum atomic E-state index is -0.374. The Hall–Kier alpha value is -3.26. The van der Waals surface area contributed by atoms with Crippen LogP contribution in [0.2, 0.25) is 0 Å². The highest BCUT2D eigenvalue weighted by Gasteiger charge is 2.09. The Balaban J connectivity index is 1.66. The molecular formula is C19H15FN2O2. The number of halogens is 1. The lowest BCUT2D eigenvalue weighted by atomic mass is 10.2. The number of carbonyl (C=O) groups excluding carboxylic acids is 1. The molecule has 2 N–H and O–H groups in total. The summed E-state index contributed by atoms with van der Waals surface area (Å²) in [7, 11) is 1.59. The maximum atomic E-state index is 13.4. The lowest BCUT2D eigenvalue weighted by Gasteiger charge is -1.98. The van der Waals surface area contributed by atoms with Crippen molar-refractivity contribution in [1.29, 1.82) is 0 Å². The van der Waals surface area contributed by atoms with Crippen molar-refractivity contribution in [1.82, 2.24) is 10.3 Å². The summed E-state index contributed by atoms with van der Waals surface area (Å²) in [6.07, 6.45) is 0. The number of nitrogens with one attached hydrogen (secondary N) is 2. The first kappa shape index (κ1) is 15.6. The molecule has 24 heavy (non-hydrogen) atoms. The van der Waals surface area contributed by atoms with Crippen LogP contribution in [0.4, 0.5) is 4.39 Å². The number of hydrogen-bond acceptors (Lipinski definition) is 2. The topological polar surface area (TPSA) is 54.1 Å². The highest BCUT2D eigenvalue weighted by molar-refractivity contribution is 5.98. The highest BCUT2D eigenvalue weighted by atomic mass is 19.1. The number of carbonyl (C=O) groups is 1. The Kier molecular flexibility index (Phi) is 4.48. The molecule has 0 radical (unpaired) electrons. The minimum Gasteiger partial charge on any atom is -0.497 e. The molecule has 4 nitrogen and oxygen atoms in total. The fourth-order valence-corrected chi connectivity index (χ4v) is 2.28. The van der Waals surface area contributed by atoms with Gasteiger partial charge >= 0.3 is 0 Å². The molecular weight excluding hydrogens is 307 g/mol. The van der Waals surface area contributed by atoms with Crippen molar-refractivity contribution in [3.05, 3.63) is 65.6 Å². The number of benzene rings is 2. The van der Waals surface area contributed by atoms with Crippen molar-refractivity contribution in [2.24, 2.45) is 0 Å². The van der Waals surface area contributed by atoms with Gasteiger partial charge in [-0.05, 0) is 30.3 Å². The molecule has 0 aliphatic heterocycles. The Bertz CT molecular complexity index is 951. The molecule has 0 bridgehead atoms. The van der Waals surface area contributed by atoms with Gasteiger partial charge in [-0.3, -0.25) is 4.79 Å². The maximum absolute atomic E-state index is 13.4. The Labute approximate surface area is 138 Å². The van der Waals surface area contributed by atoms with Gasteiger partial charge < -0.3 is 15.0 Å². The molecule has 0 spiro atoms. The molecule has 0 fully saturated rings. The van der Waals surface area contributed by atoms with E-state index >= 15 is 0 Å². The van der Waals surface area contributed by atoms with Gasteiger partial charge in [0.15, 0.2) is 0 Å². The molecule has 5 heteroatoms. The van der Waals surface area contributed by atoms with Crippen molar-refractivity contribution in [2.75, 3.05) is 13.7 Å². The molecule has 1 amide bonds. The lowest BCUT2D eigenvalue weighted by molar-refractivity contribution is 0.0954. The van der Waals surface area contributed by atoms with E-state index in [0.29, 0.717) is 17.0 Å². The van der Waals surface area contributed by atoms with Gasteiger partial charge in [-0.15, -0.1) is 0 Å². The van der Waals surface area contributed by atoms with Crippen molar-refractivity contribution < 1.29 is 13.9 Å². The normalized spacial score (nSPS) is 10.1. The van der Waals surface area contributed by atoms with E-state index in [1.807, 2.05) is 18.2 Å². The first-order chi connectivity index (χ1) is 11.7. The van der Waals surface area contributed by atoms with Gasteiger partial charge in [0.1, 0.15) is 17.3 Å². The van der Waals surface area contributed by atoms with E-state index in [2.05, 4.69) is 22.1 Å². The number of aromatic amines is 1. The quantitative estimate of drug-likeness (QED) is 0.728. The van der Waals surface area contributed by atoms with Crippen LogP contribution in [0, 0.1) is 17.7 Å². The molecule has 0 aliphatic carbocycles. The van der Waals surface area contributed by atoms with Gasteiger partial charge in [-0.1, -0.05) is 24.0 Å². The summed E-state index contributed by atoms with van der Waals surface area (Å²) >= 11 is 0. The van der Waals surface area contributed by atoms with Crippen LogP contribution in [0.15, 0.2) is 48.5 Å². The third-order valence-electron chi connectivity index (χ3n) is 3.51. The predicted molar refractivity (Wildman–Crippen MR) is 90.5 cm³/mol. The van der Waals surface area contributed by atoms with Gasteiger partial charge in [0.25, 0.3) is 5.91 Å². The highest BCUT2D eigenvalue weighted by Crippen LogP contribution is 2.21. The van der Waals surface area contributed by atoms with Gasteiger partial charge in [-0.25, -0.2) is 4.39 Å². The second kappa shape index (κ2) is 6.88. The van der Waals surface area contributed by atoms with Crippen LogP contribution in [-0.4, -0.2) is 24.5 Å². The summed E-state index contributed by atoms with van der Waals surface area (Å²) in [5.41, 5.74) is 1.56. The number of hydrogen-bond donors (Lipinski definition) is 2. The van der Waals surface area contributed by atoms with Crippen LogP contribution >= 0.6 is 0 Å². The van der Waals surface area contributed by atoms with Crippen LogP contribution in [-0.2, 0) is 0 Å². The fourth-order valence-electron chi connectivity index (χ4n) is 2.28. The van der Waals surface area contributed by atoms with Crippen molar-refractivity contribution in [3.63, 3.8) is 0 Å². The van der Waals surface area contributed by atoms with Gasteiger partial charge in [0, 0.05) is 17.0 Å². The zero-order valence-electron chi connectivity index (χ0n) is 13.0. The van der Waals surface area contributed by atoms with Crippen LogP contribution in [0.1, 0.15) is 16.1 Å². The summed E-state index contributed by atoms with van der Waals surface area (Å²) in [4.78, 5) is 15.2. The first-order valence-corrected chi connectivity index (χ1v) is 7.36. The SMILES string of the molecule is COc1ccc2cc(C(=O)NCC#Cc3ccccc3F)[nH]c2c1. The standard InChI is InChI=1S/C19H15FN2O2/c1-24-15-9-8-14-11-18(22-17(14)12-15)19(23)21-10-4-6-13-5-2-3-7-16(13)20/h2-3,5,7-9,11-12,22H,10H2,1H3,(H,21,23). The van der Waals surface area contributed by atoms with Crippen LogP contribution in [0.5, 0.6) is 5.75 Å². The largest absolute Gasteiger partial charge is 0.497 e. The molecule has 0 atom stereocenters. The summed E-state index contributed by atoms with van der Waals surface area (Å²) in [6.45, 7) is 0.131. The minimum absolute atomic E-state index is 0.131. The smallest absolute Gasteiger partial charge is 0.268 e. The van der Waals surface area contributed by atoms with E-state index < -0.39 is 0 Å². The lowest BCUT2D eigenvalue weighted by Crippen LogP contribution is -2.23. The molecule has 1 heterocycles. The summed E-state index contributed by atoms with van der Waals surface area (Å²) in [6, 6.07) is 13.5. The van der Waals surface area contributed by atoms with Gasteiger partial charge in [0.05, 0.1) is 19.2 Å². The second-order valence-corrected chi connectivity index (χ2v) is 5.10. The summed E-state index contributed by atoms with van der Waals surface area (Å²) < 4.78 is 18.6. The molecule has 120 valence electrons. The molecule has 1 aromatic heterocycles. The second-order valence-electron chi connectivity index (χ2n) is 5.10. The molecule has 0 unspecified atom stereocenters. The number of aromatic nitrogens is 1. The number of fused-ring (bicyclic) bond motifs is 1. The van der Waals surface area contributed by atoms with Gasteiger partial charge in [0.2, 0.25) is 0 Å². The molecule has 3 rings (SSSR count). The molecule has 0 aliphatic rings. The zero-order valence-corrected chi connectivity index (χ0v) is 13.0. The number of H-pyrrole nitrogens is 1. The van der Waals surface area contributed by atoms with Crippen molar-refractivity contribution in [2.45, 2.75) is 0 Å². The summed E-state index contributed by atoms with van der Waals surface area (Å²) in [5, 5.41) is 3.60. The Morgan fingerprint density at radius 3 is 2.88 bits per heavy atom. The van der Waals surface area contributed by atoms with E-state index in [0.717, 1.165) is 10.9 Å². The zero-order chi connectivity index (χ0) is 16.9. The molecule has 0 saturated carbocycles. The van der Waals surface area contributed by atoms with Crippen molar-refractivity contribution >= 4 is 16.8 Å². The van der Waals surface area contributed by atoms with E-state index in [1.54, 1.807) is 31.4 Å². The van der Waals surface area contributed by atoms with Crippen molar-refractivity contribution in [3.8, 4) is 17.6 Å². The molecule has 0 saturated heterocycles. The van der Waals surface area contributed by atoms with E-state index in [-0.39, 0.29) is 18.3 Å². The Morgan fingerprint density at radius 2 is 2.08 bits per heavy atom. The summed E-state index contributed by atoms with van der Waals surface area (Å²) in [5.74, 6) is 5.50. The molecule has 2 aromatic carbocycles. The fraction of sp³-hybridized carbons (Fsp3) is 0.105. The van der Waals surface area contributed by atoms with Crippen LogP contribution in [0.3, 0.4) is 0 Å². The Morgan fingerprint density at radius 1 is 1.25 bits per heavy atom. The third-order valence-corrected chi connectivity index (χ3v) is 3.51. The monoisotopic (exact) mass is 322 g/mol. The average molecular weight is 322 g/mol. The number of methoxy groups -OCH3 is 1. The predicted octanol–water partition coefficient (Wildman–Crippen LogP) is 3.10. The van der Waals surface area contributed by atoms with E-state index in [9.17, 15) is 9.18 Å². The molecule has 3 aromatic rings. The third kappa shape index (κ3) is 3.39. The van der Waals surface area contributed by atoms with E-state index in [1.165, 1.54) is 6.07 Å². The maximum Gasteiger partial charge on any atom is 0.268 e. The first-order valence-electron chi connectivity index (χ1n) is 7.36. The average Bonchev–Trinajstić information content (AvgIpc) is 3.03. The number of ether oxygens (including phenoxy) is 1. The number of amides is 1. The number of rotatable bonds is 3.